The normalized spacial score (nSPS) is 10.8. The lowest BCUT2D eigenvalue weighted by molar-refractivity contribution is 0.484. The molecule has 0 bridgehead atoms. The van der Waals surface area contributed by atoms with Gasteiger partial charge in [0.15, 0.2) is 0 Å². The zero-order valence-electron chi connectivity index (χ0n) is 11.0. The van der Waals surface area contributed by atoms with Gasteiger partial charge < -0.3 is 10.2 Å². The topological polar surface area (TPSA) is 15.3 Å². The predicted molar refractivity (Wildman–Crippen MR) is 72.0 cm³/mol. The van der Waals surface area contributed by atoms with E-state index >= 15 is 0 Å². The molecule has 0 heterocycles. The van der Waals surface area contributed by atoms with Crippen LogP contribution in [0.15, 0.2) is 24.3 Å². The maximum Gasteiger partial charge on any atom is 0.0361 e. The minimum Gasteiger partial charge on any atom is -0.378 e. The average Bonchev–Trinajstić information content (AvgIpc) is 2.31. The molecule has 0 aliphatic carbocycles. The molecule has 1 N–H and O–H groups in total. The van der Waals surface area contributed by atoms with Crippen molar-refractivity contribution in [1.29, 1.82) is 0 Å². The molecule has 0 saturated carbocycles. The van der Waals surface area contributed by atoms with E-state index in [4.69, 9.17) is 0 Å². The average molecular weight is 220 g/mol. The Labute approximate surface area is 99.7 Å². The summed E-state index contributed by atoms with van der Waals surface area (Å²) in [5.74, 6) is 0. The summed E-state index contributed by atoms with van der Waals surface area (Å²) in [4.78, 5) is 2.12. The SMILES string of the molecule is CCC(CC)NCc1ccc(N(C)C)cc1. The molecule has 2 nitrogen and oxygen atoms in total. The van der Waals surface area contributed by atoms with Crippen LogP contribution in [0.25, 0.3) is 0 Å². The van der Waals surface area contributed by atoms with Crippen LogP contribution in [-0.4, -0.2) is 20.1 Å². The van der Waals surface area contributed by atoms with Gasteiger partial charge in [-0.15, -0.1) is 0 Å². The maximum atomic E-state index is 3.57. The van der Waals surface area contributed by atoms with Crippen molar-refractivity contribution in [2.75, 3.05) is 19.0 Å². The Morgan fingerprint density at radius 3 is 2.06 bits per heavy atom. The highest BCUT2D eigenvalue weighted by atomic mass is 15.1. The van der Waals surface area contributed by atoms with Crippen molar-refractivity contribution in [3.8, 4) is 0 Å². The van der Waals surface area contributed by atoms with E-state index in [1.165, 1.54) is 24.1 Å². The number of hydrogen-bond donors (Lipinski definition) is 1. The van der Waals surface area contributed by atoms with Crippen LogP contribution in [0.4, 0.5) is 5.69 Å². The summed E-state index contributed by atoms with van der Waals surface area (Å²) >= 11 is 0. The van der Waals surface area contributed by atoms with Crippen LogP contribution < -0.4 is 10.2 Å². The van der Waals surface area contributed by atoms with Crippen LogP contribution in [0.5, 0.6) is 0 Å². The number of rotatable bonds is 6. The first kappa shape index (κ1) is 13.0. The van der Waals surface area contributed by atoms with Crippen LogP contribution in [0.3, 0.4) is 0 Å². The molecule has 1 rings (SSSR count). The predicted octanol–water partition coefficient (Wildman–Crippen LogP) is 3.03. The molecule has 0 aromatic heterocycles. The third kappa shape index (κ3) is 3.86. The van der Waals surface area contributed by atoms with Gasteiger partial charge >= 0.3 is 0 Å². The monoisotopic (exact) mass is 220 g/mol. The Morgan fingerprint density at radius 1 is 1.06 bits per heavy atom. The Hall–Kier alpha value is -1.02. The lowest BCUT2D eigenvalue weighted by Gasteiger charge is -2.16. The number of benzene rings is 1. The molecule has 0 unspecified atom stereocenters. The van der Waals surface area contributed by atoms with E-state index in [1.807, 2.05) is 0 Å². The van der Waals surface area contributed by atoms with E-state index in [0.717, 1.165) is 6.54 Å². The molecule has 1 aromatic rings. The van der Waals surface area contributed by atoms with E-state index in [0.29, 0.717) is 6.04 Å². The summed E-state index contributed by atoms with van der Waals surface area (Å²) < 4.78 is 0. The Kier molecular flexibility index (Phi) is 5.33. The van der Waals surface area contributed by atoms with E-state index in [1.54, 1.807) is 0 Å². The number of nitrogens with zero attached hydrogens (tertiary/aromatic N) is 1. The third-order valence-electron chi connectivity index (χ3n) is 3.03. The lowest BCUT2D eigenvalue weighted by Crippen LogP contribution is -2.26. The van der Waals surface area contributed by atoms with E-state index < -0.39 is 0 Å². The van der Waals surface area contributed by atoms with Crippen LogP contribution in [-0.2, 0) is 6.54 Å². The first-order chi connectivity index (χ1) is 7.67. The van der Waals surface area contributed by atoms with E-state index in [2.05, 4.69) is 62.4 Å². The van der Waals surface area contributed by atoms with Crippen molar-refractivity contribution in [2.24, 2.45) is 0 Å². The summed E-state index contributed by atoms with van der Waals surface area (Å²) in [5.41, 5.74) is 2.61. The zero-order chi connectivity index (χ0) is 12.0. The molecule has 0 saturated heterocycles. The number of nitrogens with one attached hydrogen (secondary N) is 1. The van der Waals surface area contributed by atoms with Crippen molar-refractivity contribution in [2.45, 2.75) is 39.3 Å². The minimum absolute atomic E-state index is 0.647. The standard InChI is InChI=1S/C14H24N2/c1-5-13(6-2)15-11-12-7-9-14(10-8-12)16(3)4/h7-10,13,15H,5-6,11H2,1-4H3. The van der Waals surface area contributed by atoms with Gasteiger partial charge in [-0.1, -0.05) is 26.0 Å². The highest BCUT2D eigenvalue weighted by molar-refractivity contribution is 5.45. The number of hydrogen-bond acceptors (Lipinski definition) is 2. The van der Waals surface area contributed by atoms with Gasteiger partial charge in [0.25, 0.3) is 0 Å². The largest absolute Gasteiger partial charge is 0.378 e. The van der Waals surface area contributed by atoms with Gasteiger partial charge in [0, 0.05) is 32.4 Å². The van der Waals surface area contributed by atoms with Gasteiger partial charge in [0.2, 0.25) is 0 Å². The molecule has 16 heavy (non-hydrogen) atoms. The van der Waals surface area contributed by atoms with Gasteiger partial charge in [-0.3, -0.25) is 0 Å². The van der Waals surface area contributed by atoms with Gasteiger partial charge in [0.05, 0.1) is 0 Å². The fourth-order valence-corrected chi connectivity index (χ4v) is 1.75. The molecular weight excluding hydrogens is 196 g/mol. The minimum atomic E-state index is 0.647. The Bertz CT molecular complexity index is 286. The van der Waals surface area contributed by atoms with Crippen molar-refractivity contribution >= 4 is 5.69 Å². The summed E-state index contributed by atoms with van der Waals surface area (Å²) in [6, 6.07) is 9.39. The first-order valence-corrected chi connectivity index (χ1v) is 6.17. The molecule has 0 aliphatic rings. The van der Waals surface area contributed by atoms with Gasteiger partial charge in [0.1, 0.15) is 0 Å². The first-order valence-electron chi connectivity index (χ1n) is 6.17. The van der Waals surface area contributed by atoms with E-state index in [-0.39, 0.29) is 0 Å². The fraction of sp³-hybridized carbons (Fsp3) is 0.571. The van der Waals surface area contributed by atoms with Crippen molar-refractivity contribution < 1.29 is 0 Å². The van der Waals surface area contributed by atoms with Gasteiger partial charge in [-0.2, -0.15) is 0 Å². The maximum absolute atomic E-state index is 3.57. The summed E-state index contributed by atoms with van der Waals surface area (Å²) in [6.45, 7) is 5.44. The molecule has 0 spiro atoms. The molecule has 0 amide bonds. The molecule has 1 aromatic carbocycles. The molecule has 0 fully saturated rings. The van der Waals surface area contributed by atoms with Gasteiger partial charge in [-0.25, -0.2) is 0 Å². The second kappa shape index (κ2) is 6.54. The summed E-state index contributed by atoms with van der Waals surface area (Å²) in [5, 5.41) is 3.57. The lowest BCUT2D eigenvalue weighted by atomic mass is 10.1. The smallest absolute Gasteiger partial charge is 0.0361 e. The van der Waals surface area contributed by atoms with Crippen molar-refractivity contribution in [3.63, 3.8) is 0 Å². The second-order valence-electron chi connectivity index (χ2n) is 4.46. The molecule has 0 atom stereocenters. The highest BCUT2D eigenvalue weighted by Crippen LogP contribution is 2.12. The summed E-state index contributed by atoms with van der Waals surface area (Å²) in [7, 11) is 4.13. The van der Waals surface area contributed by atoms with Gasteiger partial charge in [-0.05, 0) is 30.5 Å². The molecular formula is C14H24N2. The van der Waals surface area contributed by atoms with Crippen molar-refractivity contribution in [3.05, 3.63) is 29.8 Å². The number of anilines is 1. The highest BCUT2D eigenvalue weighted by Gasteiger charge is 2.02. The Morgan fingerprint density at radius 2 is 1.62 bits per heavy atom. The fourth-order valence-electron chi connectivity index (χ4n) is 1.75. The molecule has 0 aliphatic heterocycles. The third-order valence-corrected chi connectivity index (χ3v) is 3.03. The molecule has 90 valence electrons. The molecule has 0 radical (unpaired) electrons. The van der Waals surface area contributed by atoms with Crippen LogP contribution >= 0.6 is 0 Å². The van der Waals surface area contributed by atoms with Crippen molar-refractivity contribution in [1.82, 2.24) is 5.32 Å². The van der Waals surface area contributed by atoms with Crippen LogP contribution in [0.2, 0.25) is 0 Å². The van der Waals surface area contributed by atoms with Crippen LogP contribution in [0.1, 0.15) is 32.3 Å². The quantitative estimate of drug-likeness (QED) is 0.792. The van der Waals surface area contributed by atoms with Crippen LogP contribution in [0, 0.1) is 0 Å². The molecule has 2 heteroatoms. The summed E-state index contributed by atoms with van der Waals surface area (Å²) in [6.07, 6.45) is 2.40. The second-order valence-corrected chi connectivity index (χ2v) is 4.46. The Balaban J connectivity index is 2.49. The zero-order valence-corrected chi connectivity index (χ0v) is 11.0. The van der Waals surface area contributed by atoms with E-state index in [9.17, 15) is 0 Å².